The van der Waals surface area contributed by atoms with Crippen molar-refractivity contribution in [1.29, 1.82) is 0 Å². The molecule has 0 spiro atoms. The summed E-state index contributed by atoms with van der Waals surface area (Å²) in [7, 11) is 1.39. The van der Waals surface area contributed by atoms with Crippen LogP contribution in [0.15, 0.2) is 46.1 Å². The fourth-order valence-corrected chi connectivity index (χ4v) is 6.71. The van der Waals surface area contributed by atoms with Gasteiger partial charge in [0.1, 0.15) is 12.4 Å². The Labute approximate surface area is 221 Å². The normalized spacial score (nSPS) is 15.8. The second kappa shape index (κ2) is 10.8. The Kier molecular flexibility index (Phi) is 7.55. The van der Waals surface area contributed by atoms with E-state index in [1.807, 2.05) is 19.1 Å². The van der Waals surface area contributed by atoms with Gasteiger partial charge in [0.25, 0.3) is 0 Å². The lowest BCUT2D eigenvalue weighted by molar-refractivity contribution is -0.107. The molecule has 36 heavy (non-hydrogen) atoms. The molecular formula is C28H32N2O4S2. The Balaban J connectivity index is 1.44. The molecule has 1 aliphatic heterocycles. The summed E-state index contributed by atoms with van der Waals surface area (Å²) in [6.07, 6.45) is 4.44. The number of carbonyl (C=O) groups is 1. The number of aryl methyl sites for hydroxylation is 3. The van der Waals surface area contributed by atoms with Crippen LogP contribution < -0.4 is 9.04 Å². The van der Waals surface area contributed by atoms with Crippen LogP contribution in [0.4, 0.5) is 5.69 Å². The molecule has 0 bridgehead atoms. The minimum atomic E-state index is -0.335. The molecule has 2 heterocycles. The predicted octanol–water partition coefficient (Wildman–Crippen LogP) is 6.25. The summed E-state index contributed by atoms with van der Waals surface area (Å²) >= 11 is 3.38. The second-order valence-corrected chi connectivity index (χ2v) is 11.8. The minimum Gasteiger partial charge on any atom is -0.487 e. The maximum absolute atomic E-state index is 11.8. The highest BCUT2D eigenvalue weighted by Crippen LogP contribution is 2.44. The molecule has 1 fully saturated rings. The Morgan fingerprint density at radius 1 is 1.19 bits per heavy atom. The summed E-state index contributed by atoms with van der Waals surface area (Å²) in [4.78, 5) is 16.5. The summed E-state index contributed by atoms with van der Waals surface area (Å²) in [5.74, 6) is 0.554. The highest BCUT2D eigenvalue weighted by atomic mass is 32.2. The summed E-state index contributed by atoms with van der Waals surface area (Å²) in [5.41, 5.74) is 6.60. The van der Waals surface area contributed by atoms with E-state index in [2.05, 4.69) is 28.7 Å². The molecule has 1 aliphatic carbocycles. The number of hydrogen-bond donors (Lipinski definition) is 0. The third-order valence-electron chi connectivity index (χ3n) is 7.04. The van der Waals surface area contributed by atoms with Gasteiger partial charge in [-0.25, -0.2) is 9.78 Å². The molecule has 190 valence electrons. The highest BCUT2D eigenvalue weighted by Gasteiger charge is 2.40. The number of fused-ring (bicyclic) bond motifs is 1. The van der Waals surface area contributed by atoms with Crippen LogP contribution >= 0.6 is 23.3 Å². The number of methoxy groups -OCH3 is 1. The summed E-state index contributed by atoms with van der Waals surface area (Å²) < 4.78 is 20.3. The number of rotatable bonds is 10. The van der Waals surface area contributed by atoms with Crippen LogP contribution in [0.5, 0.6) is 5.75 Å². The van der Waals surface area contributed by atoms with E-state index in [4.69, 9.17) is 19.2 Å². The molecule has 0 amide bonds. The van der Waals surface area contributed by atoms with Crippen molar-refractivity contribution in [3.05, 3.63) is 69.7 Å². The smallest absolute Gasteiger partial charge is 0.337 e. The average Bonchev–Trinajstić information content (AvgIpc) is 3.51. The van der Waals surface area contributed by atoms with Gasteiger partial charge in [-0.1, -0.05) is 19.1 Å². The van der Waals surface area contributed by atoms with Crippen LogP contribution in [0.2, 0.25) is 0 Å². The number of hydrogen-bond acceptors (Lipinski definition) is 8. The van der Waals surface area contributed by atoms with Crippen molar-refractivity contribution < 1.29 is 19.0 Å². The summed E-state index contributed by atoms with van der Waals surface area (Å²) in [5, 5.41) is 2.10. The number of nitrogens with zero attached hydrogens (tertiary/aromatic N) is 2. The Morgan fingerprint density at radius 2 is 1.94 bits per heavy atom. The van der Waals surface area contributed by atoms with Crippen molar-refractivity contribution in [2.75, 3.05) is 31.2 Å². The van der Waals surface area contributed by atoms with Crippen molar-refractivity contribution in [2.24, 2.45) is 5.41 Å². The average molecular weight is 525 g/mol. The molecule has 0 radical (unpaired) electrons. The van der Waals surface area contributed by atoms with Crippen molar-refractivity contribution >= 4 is 34.9 Å². The zero-order valence-electron chi connectivity index (χ0n) is 21.0. The number of ether oxygens (including phenoxy) is 3. The lowest BCUT2D eigenvalue weighted by Gasteiger charge is -2.44. The van der Waals surface area contributed by atoms with Gasteiger partial charge >= 0.3 is 5.97 Å². The van der Waals surface area contributed by atoms with E-state index >= 15 is 0 Å². The molecule has 2 aliphatic rings. The van der Waals surface area contributed by atoms with Gasteiger partial charge in [0.05, 0.1) is 31.6 Å². The lowest BCUT2D eigenvalue weighted by Crippen LogP contribution is -2.49. The summed E-state index contributed by atoms with van der Waals surface area (Å²) in [6, 6.07) is 12.0. The molecule has 8 heteroatoms. The van der Waals surface area contributed by atoms with Crippen molar-refractivity contribution in [2.45, 2.75) is 50.5 Å². The van der Waals surface area contributed by atoms with Gasteiger partial charge in [-0.2, -0.15) is 0 Å². The number of carbonyl (C=O) groups excluding carboxylic acids is 1. The Morgan fingerprint density at radius 3 is 2.56 bits per heavy atom. The maximum Gasteiger partial charge on any atom is 0.337 e. The van der Waals surface area contributed by atoms with E-state index in [-0.39, 0.29) is 11.4 Å². The SMILES string of the molecule is CCC1(CN(Sc2nc(C)cs2)c2cc3c(cc2OCc2ccc(C(=O)OC)cc2)CCC3)COC1. The number of benzene rings is 2. The third-order valence-corrected chi connectivity index (χ3v) is 9.10. The van der Waals surface area contributed by atoms with Crippen LogP contribution in [0, 0.1) is 12.3 Å². The molecule has 0 atom stereocenters. The highest BCUT2D eigenvalue weighted by molar-refractivity contribution is 8.02. The fraction of sp³-hybridized carbons (Fsp3) is 0.429. The van der Waals surface area contributed by atoms with Gasteiger partial charge in [0.2, 0.25) is 0 Å². The predicted molar refractivity (Wildman–Crippen MR) is 144 cm³/mol. The van der Waals surface area contributed by atoms with E-state index in [9.17, 15) is 4.79 Å². The van der Waals surface area contributed by atoms with Gasteiger partial charge in [0.15, 0.2) is 4.34 Å². The first kappa shape index (κ1) is 25.1. The molecule has 1 aromatic heterocycles. The van der Waals surface area contributed by atoms with Crippen molar-refractivity contribution in [3.63, 3.8) is 0 Å². The van der Waals surface area contributed by atoms with Crippen LogP contribution in [0.1, 0.15) is 52.5 Å². The maximum atomic E-state index is 11.8. The molecule has 0 N–H and O–H groups in total. The van der Waals surface area contributed by atoms with E-state index in [0.717, 1.165) is 66.1 Å². The number of aromatic nitrogens is 1. The fourth-order valence-electron chi connectivity index (χ4n) is 4.65. The van der Waals surface area contributed by atoms with E-state index < -0.39 is 0 Å². The van der Waals surface area contributed by atoms with Gasteiger partial charge < -0.3 is 18.5 Å². The van der Waals surface area contributed by atoms with Crippen molar-refractivity contribution in [3.8, 4) is 5.75 Å². The first-order valence-electron chi connectivity index (χ1n) is 12.4. The van der Waals surface area contributed by atoms with Gasteiger partial charge in [-0.3, -0.25) is 0 Å². The molecule has 0 saturated carbocycles. The van der Waals surface area contributed by atoms with Gasteiger partial charge in [-0.05, 0) is 73.6 Å². The first-order valence-corrected chi connectivity index (χ1v) is 14.0. The minimum absolute atomic E-state index is 0.138. The molecular weight excluding hydrogens is 492 g/mol. The third kappa shape index (κ3) is 5.41. The molecule has 5 rings (SSSR count). The number of esters is 1. The van der Waals surface area contributed by atoms with E-state index in [0.29, 0.717) is 12.2 Å². The molecule has 2 aromatic carbocycles. The van der Waals surface area contributed by atoms with E-state index in [1.165, 1.54) is 24.7 Å². The van der Waals surface area contributed by atoms with Gasteiger partial charge in [-0.15, -0.1) is 11.3 Å². The number of anilines is 1. The van der Waals surface area contributed by atoms with Gasteiger partial charge in [0, 0.05) is 35.0 Å². The quantitative estimate of drug-likeness (QED) is 0.230. The second-order valence-electron chi connectivity index (χ2n) is 9.65. The van der Waals surface area contributed by atoms with Crippen LogP contribution in [0.25, 0.3) is 0 Å². The largest absolute Gasteiger partial charge is 0.487 e. The lowest BCUT2D eigenvalue weighted by atomic mass is 9.83. The monoisotopic (exact) mass is 524 g/mol. The molecule has 3 aromatic rings. The standard InChI is InChI=1S/C28H32N2O4S2/c1-4-28(17-33-18-28)16-30(36-27-29-19(2)15-35-27)24-12-22-6-5-7-23(22)13-25(24)34-14-20-8-10-21(11-9-20)26(31)32-3/h8-13,15H,4-7,14,16-18H2,1-3H3. The molecule has 6 nitrogen and oxygen atoms in total. The van der Waals surface area contributed by atoms with Crippen molar-refractivity contribution in [1.82, 2.24) is 4.98 Å². The number of thiazole rings is 1. The zero-order valence-corrected chi connectivity index (χ0v) is 22.7. The Bertz CT molecular complexity index is 1220. The molecule has 1 saturated heterocycles. The molecule has 0 unspecified atom stereocenters. The van der Waals surface area contributed by atoms with Crippen LogP contribution in [-0.4, -0.2) is 37.8 Å². The van der Waals surface area contributed by atoms with Crippen LogP contribution in [-0.2, 0) is 28.9 Å². The van der Waals surface area contributed by atoms with E-state index in [1.54, 1.807) is 35.4 Å². The first-order chi connectivity index (χ1) is 17.5. The van der Waals surface area contributed by atoms with Crippen LogP contribution in [0.3, 0.4) is 0 Å². The topological polar surface area (TPSA) is 60.9 Å². The Hall–Kier alpha value is -2.55. The zero-order chi connectivity index (χ0) is 25.1. The summed E-state index contributed by atoms with van der Waals surface area (Å²) in [6.45, 7) is 7.14.